The molecule has 2 heterocycles. The van der Waals surface area contributed by atoms with E-state index in [1.165, 1.54) is 16.8 Å². The zero-order chi connectivity index (χ0) is 14.8. The van der Waals surface area contributed by atoms with Gasteiger partial charge in [0.1, 0.15) is 5.76 Å². The van der Waals surface area contributed by atoms with Crippen LogP contribution in [0.1, 0.15) is 22.9 Å². The number of furan rings is 1. The van der Waals surface area contributed by atoms with Crippen LogP contribution in [0.15, 0.2) is 41.0 Å². The van der Waals surface area contributed by atoms with E-state index >= 15 is 0 Å². The summed E-state index contributed by atoms with van der Waals surface area (Å²) >= 11 is 0. The Morgan fingerprint density at radius 2 is 2.24 bits per heavy atom. The Balaban J connectivity index is 1.80. The topological polar surface area (TPSA) is 45.6 Å². The highest BCUT2D eigenvalue weighted by atomic mass is 16.3. The van der Waals surface area contributed by atoms with Gasteiger partial charge in [-0.05, 0) is 42.8 Å². The molecule has 0 radical (unpaired) electrons. The quantitative estimate of drug-likeness (QED) is 0.916. The van der Waals surface area contributed by atoms with Gasteiger partial charge in [-0.25, -0.2) is 0 Å². The minimum atomic E-state index is 0.214. The van der Waals surface area contributed by atoms with Crippen molar-refractivity contribution in [3.8, 4) is 0 Å². The predicted octanol–water partition coefficient (Wildman–Crippen LogP) is 2.40. The van der Waals surface area contributed by atoms with Gasteiger partial charge in [-0.1, -0.05) is 12.1 Å². The van der Waals surface area contributed by atoms with Crippen molar-refractivity contribution in [3.63, 3.8) is 0 Å². The molecule has 4 heteroatoms. The maximum absolute atomic E-state index is 6.02. The number of anilines is 1. The molecular weight excluding hydrogens is 262 g/mol. The van der Waals surface area contributed by atoms with Crippen molar-refractivity contribution in [2.75, 3.05) is 32.1 Å². The van der Waals surface area contributed by atoms with E-state index in [1.807, 2.05) is 12.1 Å². The van der Waals surface area contributed by atoms with E-state index in [0.29, 0.717) is 6.54 Å². The average molecular weight is 285 g/mol. The van der Waals surface area contributed by atoms with E-state index in [-0.39, 0.29) is 6.04 Å². The van der Waals surface area contributed by atoms with Crippen molar-refractivity contribution in [3.05, 3.63) is 53.5 Å². The molecule has 1 aliphatic rings. The van der Waals surface area contributed by atoms with Crippen LogP contribution in [0.2, 0.25) is 0 Å². The number of rotatable bonds is 5. The van der Waals surface area contributed by atoms with Crippen LogP contribution in [0, 0.1) is 0 Å². The molecule has 1 aromatic heterocycles. The van der Waals surface area contributed by atoms with Gasteiger partial charge >= 0.3 is 0 Å². The molecule has 1 aliphatic heterocycles. The summed E-state index contributed by atoms with van der Waals surface area (Å²) in [7, 11) is 4.24. The van der Waals surface area contributed by atoms with Crippen molar-refractivity contribution < 1.29 is 4.42 Å². The van der Waals surface area contributed by atoms with Crippen LogP contribution in [-0.2, 0) is 13.0 Å². The minimum Gasteiger partial charge on any atom is -0.468 e. The SMILES string of the molecule is CN1CCc2cc(C(CN)N(C)Cc3ccco3)ccc21. The molecule has 2 N–H and O–H groups in total. The van der Waals surface area contributed by atoms with Gasteiger partial charge in [-0.3, -0.25) is 4.90 Å². The lowest BCUT2D eigenvalue weighted by atomic mass is 10.0. The van der Waals surface area contributed by atoms with E-state index < -0.39 is 0 Å². The van der Waals surface area contributed by atoms with Gasteiger partial charge in [0.05, 0.1) is 12.8 Å². The highest BCUT2D eigenvalue weighted by Gasteiger charge is 2.21. The summed E-state index contributed by atoms with van der Waals surface area (Å²) in [6.07, 6.45) is 2.84. The van der Waals surface area contributed by atoms with Crippen molar-refractivity contribution in [2.45, 2.75) is 19.0 Å². The van der Waals surface area contributed by atoms with Crippen molar-refractivity contribution in [2.24, 2.45) is 5.73 Å². The molecule has 21 heavy (non-hydrogen) atoms. The molecule has 0 bridgehead atoms. The predicted molar refractivity (Wildman–Crippen MR) is 85.4 cm³/mol. The lowest BCUT2D eigenvalue weighted by molar-refractivity contribution is 0.223. The van der Waals surface area contributed by atoms with E-state index in [1.54, 1.807) is 6.26 Å². The first-order valence-corrected chi connectivity index (χ1v) is 7.45. The highest BCUT2D eigenvalue weighted by Crippen LogP contribution is 2.30. The average Bonchev–Trinajstić information content (AvgIpc) is 3.10. The summed E-state index contributed by atoms with van der Waals surface area (Å²) in [5.74, 6) is 0.969. The molecule has 0 saturated heterocycles. The number of nitrogens with two attached hydrogens (primary N) is 1. The molecule has 0 amide bonds. The fourth-order valence-electron chi connectivity index (χ4n) is 3.12. The maximum atomic E-state index is 6.02. The first-order valence-electron chi connectivity index (χ1n) is 7.45. The second kappa shape index (κ2) is 5.92. The Hall–Kier alpha value is -1.78. The fourth-order valence-corrected chi connectivity index (χ4v) is 3.12. The smallest absolute Gasteiger partial charge is 0.117 e. The molecule has 0 aliphatic carbocycles. The van der Waals surface area contributed by atoms with Crippen molar-refractivity contribution in [1.82, 2.24) is 4.90 Å². The number of fused-ring (bicyclic) bond motifs is 1. The Bertz CT molecular complexity index is 594. The van der Waals surface area contributed by atoms with Crippen LogP contribution >= 0.6 is 0 Å². The molecule has 1 aromatic carbocycles. The molecule has 112 valence electrons. The van der Waals surface area contributed by atoms with Crippen LogP contribution < -0.4 is 10.6 Å². The monoisotopic (exact) mass is 285 g/mol. The zero-order valence-corrected chi connectivity index (χ0v) is 12.7. The third-order valence-corrected chi connectivity index (χ3v) is 4.36. The Labute approximate surface area is 126 Å². The summed E-state index contributed by atoms with van der Waals surface area (Å²) in [6, 6.07) is 10.9. The van der Waals surface area contributed by atoms with Crippen molar-refractivity contribution >= 4 is 5.69 Å². The number of hydrogen-bond acceptors (Lipinski definition) is 4. The second-order valence-corrected chi connectivity index (χ2v) is 5.81. The van der Waals surface area contributed by atoms with Gasteiger partial charge in [0, 0.05) is 31.9 Å². The minimum absolute atomic E-state index is 0.214. The third-order valence-electron chi connectivity index (χ3n) is 4.36. The van der Waals surface area contributed by atoms with Gasteiger partial charge in [0.15, 0.2) is 0 Å². The second-order valence-electron chi connectivity index (χ2n) is 5.81. The molecular formula is C17H23N3O. The standard InChI is InChI=1S/C17H23N3O/c1-19-8-7-14-10-13(5-6-16(14)19)17(11-18)20(2)12-15-4-3-9-21-15/h3-6,9-10,17H,7-8,11-12,18H2,1-2H3. The lowest BCUT2D eigenvalue weighted by Crippen LogP contribution is -2.30. The van der Waals surface area contributed by atoms with E-state index in [0.717, 1.165) is 25.3 Å². The van der Waals surface area contributed by atoms with E-state index in [2.05, 4.69) is 42.1 Å². The van der Waals surface area contributed by atoms with E-state index in [9.17, 15) is 0 Å². The summed E-state index contributed by atoms with van der Waals surface area (Å²) in [4.78, 5) is 4.56. The van der Waals surface area contributed by atoms with Crippen LogP contribution in [0.4, 0.5) is 5.69 Å². The number of nitrogens with zero attached hydrogens (tertiary/aromatic N) is 2. The highest BCUT2D eigenvalue weighted by molar-refractivity contribution is 5.58. The Morgan fingerprint density at radius 1 is 1.38 bits per heavy atom. The molecule has 1 unspecified atom stereocenters. The maximum Gasteiger partial charge on any atom is 0.117 e. The first kappa shape index (κ1) is 14.2. The largest absolute Gasteiger partial charge is 0.468 e. The molecule has 0 saturated carbocycles. The number of likely N-dealkylation sites (N-methyl/N-ethyl adjacent to an activating group) is 2. The molecule has 3 rings (SSSR count). The number of hydrogen-bond donors (Lipinski definition) is 1. The lowest BCUT2D eigenvalue weighted by Gasteiger charge is -2.27. The van der Waals surface area contributed by atoms with Gasteiger partial charge < -0.3 is 15.1 Å². The van der Waals surface area contributed by atoms with E-state index in [4.69, 9.17) is 10.2 Å². The molecule has 0 spiro atoms. The number of benzene rings is 1. The molecule has 2 aromatic rings. The molecule has 4 nitrogen and oxygen atoms in total. The van der Waals surface area contributed by atoms with Crippen LogP contribution in [0.5, 0.6) is 0 Å². The summed E-state index contributed by atoms with van der Waals surface area (Å²) in [6.45, 7) is 2.48. The summed E-state index contributed by atoms with van der Waals surface area (Å²) < 4.78 is 5.43. The van der Waals surface area contributed by atoms with Crippen LogP contribution in [0.3, 0.4) is 0 Å². The Morgan fingerprint density at radius 3 is 2.95 bits per heavy atom. The van der Waals surface area contributed by atoms with Gasteiger partial charge in [-0.2, -0.15) is 0 Å². The van der Waals surface area contributed by atoms with Gasteiger partial charge in [0.25, 0.3) is 0 Å². The molecule has 1 atom stereocenters. The van der Waals surface area contributed by atoms with Gasteiger partial charge in [0.2, 0.25) is 0 Å². The van der Waals surface area contributed by atoms with Gasteiger partial charge in [-0.15, -0.1) is 0 Å². The fraction of sp³-hybridized carbons (Fsp3) is 0.412. The zero-order valence-electron chi connectivity index (χ0n) is 12.7. The Kier molecular flexibility index (Phi) is 3.99. The van der Waals surface area contributed by atoms with Crippen LogP contribution in [0.25, 0.3) is 0 Å². The van der Waals surface area contributed by atoms with Crippen molar-refractivity contribution in [1.29, 1.82) is 0 Å². The molecule has 0 fully saturated rings. The third kappa shape index (κ3) is 2.82. The summed E-state index contributed by atoms with van der Waals surface area (Å²) in [5, 5.41) is 0. The summed E-state index contributed by atoms with van der Waals surface area (Å²) in [5.41, 5.74) is 10.1. The first-order chi connectivity index (χ1) is 10.2. The normalized spacial score (nSPS) is 15.5. The van der Waals surface area contributed by atoms with Crippen LogP contribution in [-0.4, -0.2) is 32.1 Å².